The highest BCUT2D eigenvalue weighted by Gasteiger charge is 2.32. The Morgan fingerprint density at radius 1 is 0.444 bits per heavy atom. The van der Waals surface area contributed by atoms with Crippen LogP contribution in [0.3, 0.4) is 0 Å². The lowest BCUT2D eigenvalue weighted by Gasteiger charge is -2.27. The molecule has 15 nitrogen and oxygen atoms in total. The third kappa shape index (κ3) is 18.8. The van der Waals surface area contributed by atoms with Crippen LogP contribution in [0.4, 0.5) is 4.39 Å². The van der Waals surface area contributed by atoms with Gasteiger partial charge in [0.05, 0.1) is 45.2 Å². The van der Waals surface area contributed by atoms with Gasteiger partial charge in [-0.15, -0.1) is 0 Å². The van der Waals surface area contributed by atoms with E-state index in [1.165, 1.54) is 157 Å². The number of aliphatic hydroxyl groups is 1. The normalized spacial score (nSPS) is 15.8. The number of benzene rings is 7. The summed E-state index contributed by atoms with van der Waals surface area (Å²) in [5.74, 6) is 13.2. The highest BCUT2D eigenvalue weighted by Crippen LogP contribution is 2.41. The minimum Gasteiger partial charge on any atom is -0.385 e. The number of allylic oxidation sites excluding steroid dienone is 1. The molecule has 0 aliphatic carbocycles. The Morgan fingerprint density at radius 2 is 0.849 bits per heavy atom. The molecule has 0 spiro atoms. The third-order valence-electron chi connectivity index (χ3n) is 26.9. The van der Waals surface area contributed by atoms with E-state index in [0.29, 0.717) is 12.8 Å². The minimum atomic E-state index is -0.885. The summed E-state index contributed by atoms with van der Waals surface area (Å²) in [6.45, 7) is 26.9. The van der Waals surface area contributed by atoms with Crippen LogP contribution >= 0.6 is 23.2 Å². The van der Waals surface area contributed by atoms with Crippen LogP contribution in [0.2, 0.25) is 10.0 Å². The molecule has 0 saturated carbocycles. The van der Waals surface area contributed by atoms with E-state index < -0.39 is 5.60 Å². The molecule has 1 N–H and O–H groups in total. The molecule has 0 bridgehead atoms. The standard InChI is InChI=1S/C23H25FN2.C23H28N2O.C21H20ClN3.C21H21N3.C20H26ClN3O/c1-15-11-18(13-16(2)17-5-7-19(24)8-6-17)23-20(12-15)21-14-25(3)10-9-22(21)26(23)4;1-16-12-17(14-23(2,26)18-8-6-5-7-9-18)22-19(13-16)20-15-24(3)11-10-21(20)25(22)4;1-14-4-5-15(12-23-14)6-7-16-10-17(22)11-18-19-13-24(2)9-8-20(19)25(3)21(16)18;1-15-12-17(5-4-16-6-9-22-10-7-16)21-18(13-15)19-14-23(2)11-8-20(19)24(21)3;1-22-9-6-18-17(13-22)16-12-15(21)10-14(20(16)23(18)2)11-19(25)24-7-4-3-5-8-24/h5-8,11-12H,2,9-10,13-14H2,1,3-4H3;5-9,12-13,26H,10-11,14-15H2,1-4H3;4-5,10-12H,8-9,13H2,1-3H3;6-7,9-10,12-13H,8,11,14H2,1-3H3;10,12H,3-9,11,13H2,1-2H3. The molecule has 7 aromatic carbocycles. The average molecular weight is 1720 g/mol. The molecule has 13 heterocycles. The van der Waals surface area contributed by atoms with Crippen molar-refractivity contribution in [3.63, 3.8) is 0 Å². The summed E-state index contributed by atoms with van der Waals surface area (Å²) < 4.78 is 24.9. The number of hydrogen-bond donors (Lipinski definition) is 1. The van der Waals surface area contributed by atoms with Gasteiger partial charge in [-0.3, -0.25) is 14.8 Å². The predicted octanol–water partition coefficient (Wildman–Crippen LogP) is 19.4. The summed E-state index contributed by atoms with van der Waals surface area (Å²) in [6, 6.07) is 46.3. The maximum atomic E-state index is 13.2. The van der Waals surface area contributed by atoms with Crippen molar-refractivity contribution in [1.29, 1.82) is 0 Å². The Morgan fingerprint density at radius 3 is 1.33 bits per heavy atom. The van der Waals surface area contributed by atoms with Gasteiger partial charge in [0.1, 0.15) is 5.82 Å². The van der Waals surface area contributed by atoms with E-state index in [9.17, 15) is 14.3 Å². The van der Waals surface area contributed by atoms with Gasteiger partial charge in [0.25, 0.3) is 0 Å². The highest BCUT2D eigenvalue weighted by atomic mass is 35.5. The average Bonchev–Trinajstić information content (AvgIpc) is 1.62. The van der Waals surface area contributed by atoms with Crippen molar-refractivity contribution in [1.82, 2.24) is 62.2 Å². The van der Waals surface area contributed by atoms with E-state index in [0.717, 1.165) is 190 Å². The van der Waals surface area contributed by atoms with Crippen molar-refractivity contribution in [2.75, 3.05) is 81.1 Å². The van der Waals surface area contributed by atoms with Gasteiger partial charge >= 0.3 is 0 Å². The summed E-state index contributed by atoms with van der Waals surface area (Å²) in [6.07, 6.45) is 16.1. The first-order valence-electron chi connectivity index (χ1n) is 44.7. The van der Waals surface area contributed by atoms with E-state index in [-0.39, 0.29) is 11.7 Å². The molecule has 1 amide bonds. The molecule has 6 aliphatic rings. The number of carbonyl (C=O) groups is 1. The zero-order valence-corrected chi connectivity index (χ0v) is 77.8. The molecule has 6 aliphatic heterocycles. The monoisotopic (exact) mass is 1720 g/mol. The van der Waals surface area contributed by atoms with E-state index in [2.05, 4.69) is 227 Å². The second-order valence-corrected chi connectivity index (χ2v) is 37.5. The SMILES string of the molecule is C=C(Cc1cc(C)cc2c3c(n(C)c12)CCN(C)C3)c1ccc(F)cc1.CN1CCc2c(c3cc(Cl)cc(CC(=O)N4CCCCC4)c3n2C)C1.Cc1cc(C#Cc2ccncc2)c2c(c1)c1c(n2C)CCN(C)C1.Cc1cc(CC(C)(O)c2ccccc2)c2c(c1)c1c(n2C)CCN(C)C1.Cc1ccc(C#Cc2cc(Cl)cc3c4c(n(C)c23)CCN(C)C4)cn1. The fraction of sp³-hybridized carbons (Fsp3) is 0.361. The van der Waals surface area contributed by atoms with Crippen LogP contribution in [-0.4, -0.2) is 154 Å². The van der Waals surface area contributed by atoms with Crippen LogP contribution < -0.4 is 0 Å². The number of fused-ring (bicyclic) bond motifs is 15. The van der Waals surface area contributed by atoms with Gasteiger partial charge in [0.2, 0.25) is 5.91 Å². The number of aryl methyl sites for hydroxylation is 9. The number of halogens is 3. The third-order valence-corrected chi connectivity index (χ3v) is 27.4. The number of likely N-dealkylation sites (tertiary alicyclic amines) is 1. The van der Waals surface area contributed by atoms with Gasteiger partial charge < -0.3 is 57.3 Å². The van der Waals surface area contributed by atoms with Crippen molar-refractivity contribution in [3.05, 3.63) is 309 Å². The number of hydrogen-bond acceptors (Lipinski definition) is 9. The zero-order valence-electron chi connectivity index (χ0n) is 76.3. The molecule has 14 aromatic rings. The molecule has 650 valence electrons. The second kappa shape index (κ2) is 37.6. The quantitative estimate of drug-likeness (QED) is 0.149. The maximum absolute atomic E-state index is 13.2. The van der Waals surface area contributed by atoms with E-state index in [1.807, 2.05) is 104 Å². The van der Waals surface area contributed by atoms with Crippen molar-refractivity contribution in [2.45, 2.75) is 144 Å². The highest BCUT2D eigenvalue weighted by molar-refractivity contribution is 6.32. The summed E-state index contributed by atoms with van der Waals surface area (Å²) in [4.78, 5) is 35.1. The van der Waals surface area contributed by atoms with Gasteiger partial charge in [-0.1, -0.05) is 119 Å². The Labute approximate surface area is 753 Å². The predicted molar refractivity (Wildman–Crippen MR) is 517 cm³/mol. The first-order valence-corrected chi connectivity index (χ1v) is 45.4. The lowest BCUT2D eigenvalue weighted by Crippen LogP contribution is -2.36. The Bertz CT molecular complexity index is 6610. The van der Waals surface area contributed by atoms with Crippen LogP contribution in [-0.2, 0) is 130 Å². The lowest BCUT2D eigenvalue weighted by atomic mass is 9.87. The molecule has 126 heavy (non-hydrogen) atoms. The Balaban J connectivity index is 0.000000116. The molecular weight excluding hydrogens is 1600 g/mol. The summed E-state index contributed by atoms with van der Waals surface area (Å²) >= 11 is 12.8. The first-order chi connectivity index (χ1) is 60.5. The maximum Gasteiger partial charge on any atom is 0.227 e. The molecule has 1 atom stereocenters. The van der Waals surface area contributed by atoms with E-state index in [1.54, 1.807) is 12.4 Å². The van der Waals surface area contributed by atoms with Gasteiger partial charge in [-0.05, 0) is 247 Å². The lowest BCUT2D eigenvalue weighted by molar-refractivity contribution is -0.131. The fourth-order valence-corrected chi connectivity index (χ4v) is 21.0. The van der Waals surface area contributed by atoms with Crippen LogP contribution in [0.5, 0.6) is 0 Å². The molecule has 7 aromatic heterocycles. The number of carbonyl (C=O) groups excluding carboxylic acids is 1. The van der Waals surface area contributed by atoms with Crippen LogP contribution in [0.25, 0.3) is 60.1 Å². The molecule has 1 saturated heterocycles. The summed E-state index contributed by atoms with van der Waals surface area (Å²) in [5.41, 5.74) is 35.0. The van der Waals surface area contributed by atoms with Gasteiger partial charge in [0, 0.05) is 259 Å². The zero-order chi connectivity index (χ0) is 88.7. The van der Waals surface area contributed by atoms with Gasteiger partial charge in [-0.25, -0.2) is 4.39 Å². The van der Waals surface area contributed by atoms with Crippen molar-refractivity contribution in [3.8, 4) is 23.7 Å². The fourth-order valence-electron chi connectivity index (χ4n) is 20.5. The van der Waals surface area contributed by atoms with E-state index in [4.69, 9.17) is 23.2 Å². The Kier molecular flexibility index (Phi) is 26.4. The van der Waals surface area contributed by atoms with Gasteiger partial charge in [-0.2, -0.15) is 0 Å². The number of pyridine rings is 2. The van der Waals surface area contributed by atoms with Crippen molar-refractivity contribution < 1.29 is 14.3 Å². The molecular formula is C108H120Cl2FN13O2. The number of nitrogens with zero attached hydrogens (tertiary/aromatic N) is 13. The number of aromatic nitrogens is 7. The molecule has 0 radical (unpaired) electrons. The number of likely N-dealkylation sites (N-methyl/N-ethyl adjacent to an activating group) is 5. The second-order valence-electron chi connectivity index (χ2n) is 36.7. The number of amides is 1. The number of rotatable bonds is 8. The van der Waals surface area contributed by atoms with Crippen molar-refractivity contribution >= 4 is 89.2 Å². The van der Waals surface area contributed by atoms with Crippen LogP contribution in [0, 0.1) is 57.2 Å². The molecule has 1 unspecified atom stereocenters. The molecule has 1 fully saturated rings. The smallest absolute Gasteiger partial charge is 0.227 e. The summed E-state index contributed by atoms with van der Waals surface area (Å²) in [5, 5.41) is 19.2. The van der Waals surface area contributed by atoms with Gasteiger partial charge in [0.15, 0.2) is 0 Å². The van der Waals surface area contributed by atoms with E-state index >= 15 is 0 Å². The minimum absolute atomic E-state index is 0.210. The molecule has 20 rings (SSSR count). The molecule has 18 heteroatoms. The van der Waals surface area contributed by atoms with Crippen LogP contribution in [0.15, 0.2) is 165 Å². The first kappa shape index (κ1) is 88.6. The number of piperidine rings is 1. The Hall–Kier alpha value is -10.9. The largest absolute Gasteiger partial charge is 0.385 e. The topological polar surface area (TPSA) is 107 Å². The summed E-state index contributed by atoms with van der Waals surface area (Å²) in [7, 11) is 21.7. The van der Waals surface area contributed by atoms with Crippen molar-refractivity contribution in [2.24, 2.45) is 35.2 Å². The van der Waals surface area contributed by atoms with Crippen LogP contribution in [0.1, 0.15) is 155 Å².